The number of aromatic nitrogens is 1. The summed E-state index contributed by atoms with van der Waals surface area (Å²) in [5, 5.41) is 0. The van der Waals surface area contributed by atoms with Crippen molar-refractivity contribution in [1.29, 1.82) is 0 Å². The molecule has 0 unspecified atom stereocenters. The molecule has 0 radical (unpaired) electrons. The zero-order valence-electron chi connectivity index (χ0n) is 5.18. The van der Waals surface area contributed by atoms with Crippen LogP contribution in [0, 0.1) is 6.92 Å². The molecule has 0 spiro atoms. The van der Waals surface area contributed by atoms with E-state index in [1.807, 2.05) is 19.1 Å². The van der Waals surface area contributed by atoms with E-state index < -0.39 is 0 Å². The van der Waals surface area contributed by atoms with Crippen molar-refractivity contribution < 1.29 is 1.37 Å². The summed E-state index contributed by atoms with van der Waals surface area (Å²) in [4.78, 5) is 3.84. The maximum absolute atomic E-state index is 7.02. The van der Waals surface area contributed by atoms with E-state index in [9.17, 15) is 0 Å². The number of hydrogen-bond acceptors (Lipinski definition) is 1. The zero-order chi connectivity index (χ0) is 5.98. The maximum Gasteiger partial charge on any atom is 0.0840 e. The van der Waals surface area contributed by atoms with Gasteiger partial charge in [-0.25, -0.2) is 0 Å². The Labute approximate surface area is 44.4 Å². The van der Waals surface area contributed by atoms with Gasteiger partial charge in [-0.1, -0.05) is 6.07 Å². The Balaban J connectivity index is 3.08. The average molecular weight is 94.1 g/mol. The lowest BCUT2D eigenvalue weighted by atomic mass is 10.4. The first-order valence-corrected chi connectivity index (χ1v) is 2.19. The Hall–Kier alpha value is -0.850. The molecule has 0 aliphatic rings. The Bertz CT molecular complexity index is 168. The molecule has 1 nitrogen and oxygen atoms in total. The smallest absolute Gasteiger partial charge is 0.0840 e. The minimum atomic E-state index is 0.338. The third kappa shape index (κ3) is 1.000. The third-order valence-electron chi connectivity index (χ3n) is 0.749. The van der Waals surface area contributed by atoms with Crippen LogP contribution in [0.4, 0.5) is 0 Å². The Kier molecular flexibility index (Phi) is 0.791. The minimum absolute atomic E-state index is 0.338. The van der Waals surface area contributed by atoms with Crippen LogP contribution in [-0.2, 0) is 0 Å². The van der Waals surface area contributed by atoms with Gasteiger partial charge in [0.15, 0.2) is 0 Å². The van der Waals surface area contributed by atoms with Crippen LogP contribution in [0.15, 0.2) is 24.4 Å². The molecule has 0 saturated heterocycles. The lowest BCUT2D eigenvalue weighted by Gasteiger charge is -1.82. The van der Waals surface area contributed by atoms with Gasteiger partial charge in [0.25, 0.3) is 0 Å². The first-order valence-electron chi connectivity index (χ1n) is 2.69. The summed E-state index contributed by atoms with van der Waals surface area (Å²) in [6.45, 7) is 1.87. The van der Waals surface area contributed by atoms with Crippen LogP contribution in [0.1, 0.15) is 7.06 Å². The average Bonchev–Trinajstić information content (AvgIpc) is 1.64. The van der Waals surface area contributed by atoms with Crippen LogP contribution in [0.3, 0.4) is 0 Å². The number of nitrogens with zero attached hydrogens (tertiary/aromatic N) is 1. The minimum Gasteiger partial charge on any atom is -0.262 e. The van der Waals surface area contributed by atoms with E-state index in [1.165, 1.54) is 0 Å². The summed E-state index contributed by atoms with van der Waals surface area (Å²) in [5.74, 6) is 0. The van der Waals surface area contributed by atoms with Crippen molar-refractivity contribution in [3.05, 3.63) is 30.1 Å². The van der Waals surface area contributed by atoms with Crippen LogP contribution in [-0.4, -0.2) is 4.98 Å². The lowest BCUT2D eigenvalue weighted by molar-refractivity contribution is 1.20. The molecule has 1 heterocycles. The SMILES string of the molecule is [2H]c1cccc(C)n1. The third-order valence-corrected chi connectivity index (χ3v) is 0.749. The molecule has 0 N–H and O–H groups in total. The summed E-state index contributed by atoms with van der Waals surface area (Å²) in [5.41, 5.74) is 0.900. The molecule has 1 aromatic heterocycles. The summed E-state index contributed by atoms with van der Waals surface area (Å²) in [6, 6.07) is 5.36. The van der Waals surface area contributed by atoms with Crippen molar-refractivity contribution in [2.45, 2.75) is 6.92 Å². The fourth-order valence-electron chi connectivity index (χ4n) is 0.407. The highest BCUT2D eigenvalue weighted by molar-refractivity contribution is 4.99. The molecule has 0 fully saturated rings. The van der Waals surface area contributed by atoms with Crippen LogP contribution in [0.25, 0.3) is 0 Å². The van der Waals surface area contributed by atoms with Crippen molar-refractivity contribution in [3.8, 4) is 0 Å². The largest absolute Gasteiger partial charge is 0.262 e. The van der Waals surface area contributed by atoms with Gasteiger partial charge < -0.3 is 0 Å². The van der Waals surface area contributed by atoms with Crippen molar-refractivity contribution in [1.82, 2.24) is 4.98 Å². The molecule has 1 aromatic rings. The second kappa shape index (κ2) is 1.73. The zero-order valence-corrected chi connectivity index (χ0v) is 4.18. The molecule has 36 valence electrons. The van der Waals surface area contributed by atoms with Gasteiger partial charge in [-0.15, -0.1) is 0 Å². The van der Waals surface area contributed by atoms with Gasteiger partial charge in [0.1, 0.15) is 0 Å². The van der Waals surface area contributed by atoms with Gasteiger partial charge in [0.05, 0.1) is 1.37 Å². The predicted octanol–water partition coefficient (Wildman–Crippen LogP) is 1.39. The van der Waals surface area contributed by atoms with E-state index in [0.29, 0.717) is 6.17 Å². The van der Waals surface area contributed by atoms with Gasteiger partial charge >= 0.3 is 0 Å². The highest BCUT2D eigenvalue weighted by Gasteiger charge is 1.73. The summed E-state index contributed by atoms with van der Waals surface area (Å²) in [6.07, 6.45) is 0.338. The Morgan fingerprint density at radius 2 is 2.57 bits per heavy atom. The summed E-state index contributed by atoms with van der Waals surface area (Å²) < 4.78 is 7.02. The molecule has 0 amide bonds. The molecule has 1 heteroatoms. The predicted molar refractivity (Wildman–Crippen MR) is 29.0 cm³/mol. The number of aryl methyl sites for hydroxylation is 1. The second-order valence-electron chi connectivity index (χ2n) is 1.41. The van der Waals surface area contributed by atoms with Gasteiger partial charge in [-0.05, 0) is 19.1 Å². The number of hydrogen-bond donors (Lipinski definition) is 0. The van der Waals surface area contributed by atoms with Crippen LogP contribution in [0.5, 0.6) is 0 Å². The maximum atomic E-state index is 7.02. The first kappa shape index (κ1) is 3.19. The fraction of sp³-hybridized carbons (Fsp3) is 0.167. The molecule has 0 aliphatic heterocycles. The number of pyridine rings is 1. The monoisotopic (exact) mass is 94.1 g/mol. The molecule has 0 bridgehead atoms. The topological polar surface area (TPSA) is 12.9 Å². The lowest BCUT2D eigenvalue weighted by Crippen LogP contribution is -1.72. The van der Waals surface area contributed by atoms with Crippen molar-refractivity contribution >= 4 is 0 Å². The van der Waals surface area contributed by atoms with Crippen molar-refractivity contribution in [2.75, 3.05) is 0 Å². The van der Waals surface area contributed by atoms with Gasteiger partial charge in [-0.2, -0.15) is 0 Å². The number of rotatable bonds is 0. The van der Waals surface area contributed by atoms with Gasteiger partial charge in [0.2, 0.25) is 0 Å². The Morgan fingerprint density at radius 1 is 1.71 bits per heavy atom. The first-order chi connectivity index (χ1) is 3.79. The van der Waals surface area contributed by atoms with Crippen molar-refractivity contribution in [3.63, 3.8) is 0 Å². The van der Waals surface area contributed by atoms with E-state index in [0.717, 1.165) is 5.69 Å². The summed E-state index contributed by atoms with van der Waals surface area (Å²) >= 11 is 0. The van der Waals surface area contributed by atoms with E-state index in [2.05, 4.69) is 4.98 Å². The normalized spacial score (nSPS) is 10.7. The van der Waals surface area contributed by atoms with E-state index >= 15 is 0 Å². The molecule has 0 atom stereocenters. The van der Waals surface area contributed by atoms with Crippen LogP contribution in [0.2, 0.25) is 0 Å². The fourth-order valence-corrected chi connectivity index (χ4v) is 0.407. The van der Waals surface area contributed by atoms with Crippen molar-refractivity contribution in [2.24, 2.45) is 0 Å². The molecule has 1 rings (SSSR count). The Morgan fingerprint density at radius 3 is 3.00 bits per heavy atom. The van der Waals surface area contributed by atoms with Gasteiger partial charge in [0, 0.05) is 11.9 Å². The molecule has 0 saturated carbocycles. The highest BCUT2D eigenvalue weighted by atomic mass is 14.6. The highest BCUT2D eigenvalue weighted by Crippen LogP contribution is 1.85. The van der Waals surface area contributed by atoms with Gasteiger partial charge in [-0.3, -0.25) is 4.98 Å². The molecular weight excluding hydrogens is 86.1 g/mol. The van der Waals surface area contributed by atoms with E-state index in [-0.39, 0.29) is 0 Å². The van der Waals surface area contributed by atoms with Crippen LogP contribution < -0.4 is 0 Å². The summed E-state index contributed by atoms with van der Waals surface area (Å²) in [7, 11) is 0. The quantitative estimate of drug-likeness (QED) is 0.473. The standard InChI is InChI=1S/C6H7N/c1-6-4-2-3-5-7-6/h2-5H,1H3/i5D. The van der Waals surface area contributed by atoms with E-state index in [4.69, 9.17) is 1.37 Å². The second-order valence-corrected chi connectivity index (χ2v) is 1.41. The molecule has 0 aliphatic carbocycles. The van der Waals surface area contributed by atoms with Crippen LogP contribution >= 0.6 is 0 Å². The molecule has 7 heavy (non-hydrogen) atoms. The molecular formula is C6H7N. The van der Waals surface area contributed by atoms with E-state index in [1.54, 1.807) is 6.07 Å². The molecule has 0 aromatic carbocycles.